The average molecular weight is 506 g/mol. The molecule has 1 fully saturated rings. The van der Waals surface area contributed by atoms with E-state index in [1.54, 1.807) is 16.3 Å². The summed E-state index contributed by atoms with van der Waals surface area (Å²) in [5.74, 6) is 2.31. The van der Waals surface area contributed by atoms with Crippen LogP contribution in [0.3, 0.4) is 0 Å². The van der Waals surface area contributed by atoms with Gasteiger partial charge in [0.15, 0.2) is 0 Å². The van der Waals surface area contributed by atoms with Crippen molar-refractivity contribution in [3.63, 3.8) is 0 Å². The second-order valence-electron chi connectivity index (χ2n) is 9.13. The van der Waals surface area contributed by atoms with Crippen LogP contribution in [-0.2, 0) is 20.4 Å². The summed E-state index contributed by atoms with van der Waals surface area (Å²) in [6.07, 6.45) is 12.4. The minimum atomic E-state index is -1.62. The van der Waals surface area contributed by atoms with Crippen molar-refractivity contribution in [3.05, 3.63) is 53.1 Å². The SMILES string of the molecule is CCCC[Si](C)(c1c(C)cc(C)cc1C)C1C(C)[CH]([Ti+3])C2C=CC=CC21.[Cl-].[Cl-].[Cl-]. The topological polar surface area (TPSA) is 0 Å². The van der Waals surface area contributed by atoms with Crippen LogP contribution in [0.1, 0.15) is 43.4 Å². The summed E-state index contributed by atoms with van der Waals surface area (Å²) < 4.78 is 0.797. The molecule has 2 aliphatic carbocycles. The number of unbranched alkanes of at least 4 members (excludes halogenated alkanes) is 1. The van der Waals surface area contributed by atoms with Gasteiger partial charge in [-0.05, 0) is 0 Å². The molecule has 0 aliphatic heterocycles. The third-order valence-electron chi connectivity index (χ3n) is 7.22. The van der Waals surface area contributed by atoms with Gasteiger partial charge in [-0.3, -0.25) is 0 Å². The van der Waals surface area contributed by atoms with Crippen LogP contribution in [0.4, 0.5) is 0 Å². The van der Waals surface area contributed by atoms with Crippen LogP contribution in [0, 0.1) is 38.5 Å². The maximum Gasteiger partial charge on any atom is -1.00 e. The molecular weight excluding hydrogens is 471 g/mol. The molecule has 0 amide bonds. The van der Waals surface area contributed by atoms with E-state index < -0.39 is 8.07 Å². The van der Waals surface area contributed by atoms with Crippen molar-refractivity contribution in [3.8, 4) is 0 Å². The Kier molecular flexibility index (Phi) is 12.1. The molecule has 29 heavy (non-hydrogen) atoms. The summed E-state index contributed by atoms with van der Waals surface area (Å²) in [5, 5.41) is 1.78. The minimum Gasteiger partial charge on any atom is -1.00 e. The van der Waals surface area contributed by atoms with Gasteiger partial charge in [-0.1, -0.05) is 0 Å². The first-order chi connectivity index (χ1) is 12.3. The first-order valence-electron chi connectivity index (χ1n) is 10.5. The first-order valence-corrected chi connectivity index (χ1v) is 14.1. The van der Waals surface area contributed by atoms with Gasteiger partial charge in [0.25, 0.3) is 0 Å². The van der Waals surface area contributed by atoms with Crippen LogP contribution in [0.5, 0.6) is 0 Å². The molecule has 0 spiro atoms. The monoisotopic (exact) mass is 504 g/mol. The second kappa shape index (κ2) is 11.9. The van der Waals surface area contributed by atoms with Gasteiger partial charge in [-0.2, -0.15) is 0 Å². The fraction of sp³-hybridized carbons (Fsp3) is 0.583. The van der Waals surface area contributed by atoms with Gasteiger partial charge in [-0.25, -0.2) is 0 Å². The zero-order chi connectivity index (χ0) is 19.1. The minimum absolute atomic E-state index is 0. The van der Waals surface area contributed by atoms with E-state index in [9.17, 15) is 0 Å². The Balaban J connectivity index is 0.00000261. The first kappa shape index (κ1) is 29.5. The summed E-state index contributed by atoms with van der Waals surface area (Å²) in [6.45, 7) is 14.7. The molecule has 1 aromatic rings. The van der Waals surface area contributed by atoms with E-state index in [2.05, 4.69) is 98.0 Å². The molecule has 6 atom stereocenters. The third kappa shape index (κ3) is 5.47. The molecule has 0 heterocycles. The van der Waals surface area contributed by atoms with Gasteiger partial charge in [-0.15, -0.1) is 0 Å². The average Bonchev–Trinajstić information content (AvgIpc) is 2.84. The predicted octanol–water partition coefficient (Wildman–Crippen LogP) is -2.58. The predicted molar refractivity (Wildman–Crippen MR) is 114 cm³/mol. The largest absolute Gasteiger partial charge is 1.00 e. The molecule has 3 rings (SSSR count). The third-order valence-corrected chi connectivity index (χ3v) is 14.3. The van der Waals surface area contributed by atoms with Gasteiger partial charge in [0.2, 0.25) is 0 Å². The fourth-order valence-corrected chi connectivity index (χ4v) is 14.0. The van der Waals surface area contributed by atoms with E-state index in [0.29, 0.717) is 0 Å². The van der Waals surface area contributed by atoms with Crippen molar-refractivity contribution in [2.45, 2.75) is 69.8 Å². The molecule has 0 radical (unpaired) electrons. The number of halogens is 3. The molecule has 0 N–H and O–H groups in total. The molecule has 0 saturated heterocycles. The number of benzene rings is 1. The Morgan fingerprint density at radius 2 is 1.45 bits per heavy atom. The number of hydrogen-bond donors (Lipinski definition) is 0. The van der Waals surface area contributed by atoms with Gasteiger partial charge in [0.05, 0.1) is 0 Å². The number of allylic oxidation sites excluding steroid dienone is 4. The van der Waals surface area contributed by atoms with E-state index in [1.165, 1.54) is 24.4 Å². The van der Waals surface area contributed by atoms with Crippen molar-refractivity contribution < 1.29 is 57.7 Å². The van der Waals surface area contributed by atoms with Crippen LogP contribution in [0.2, 0.25) is 22.4 Å². The fourth-order valence-electron chi connectivity index (χ4n) is 6.37. The van der Waals surface area contributed by atoms with Gasteiger partial charge < -0.3 is 37.2 Å². The maximum absolute atomic E-state index is 2.73. The molecule has 1 saturated carbocycles. The summed E-state index contributed by atoms with van der Waals surface area (Å²) >= 11 is 2.51. The zero-order valence-corrected chi connectivity index (χ0v) is 23.4. The molecule has 0 aromatic heterocycles. The van der Waals surface area contributed by atoms with Crippen LogP contribution in [-0.4, -0.2) is 8.07 Å². The van der Waals surface area contributed by atoms with Crippen molar-refractivity contribution in [2.75, 3.05) is 0 Å². The van der Waals surface area contributed by atoms with E-state index in [-0.39, 0.29) is 37.2 Å². The Labute approximate surface area is 210 Å². The summed E-state index contributed by atoms with van der Waals surface area (Å²) in [5.41, 5.74) is 5.40. The van der Waals surface area contributed by atoms with Crippen molar-refractivity contribution >= 4 is 13.3 Å². The molecule has 0 bridgehead atoms. The molecule has 5 heteroatoms. The number of fused-ring (bicyclic) bond motifs is 1. The van der Waals surface area contributed by atoms with E-state index >= 15 is 0 Å². The van der Waals surface area contributed by atoms with E-state index in [4.69, 9.17) is 0 Å². The molecule has 160 valence electrons. The van der Waals surface area contributed by atoms with E-state index in [0.717, 1.165) is 27.5 Å². The summed E-state index contributed by atoms with van der Waals surface area (Å²) in [7, 11) is -1.62. The Bertz CT molecular complexity index is 710. The Morgan fingerprint density at radius 3 is 1.97 bits per heavy atom. The Hall–Kier alpha value is 0.501. The van der Waals surface area contributed by atoms with Crippen LogP contribution >= 0.6 is 0 Å². The standard InChI is InChI=1S/C24H35Si.3ClH.Ti/c1-7-8-13-25(6,23-18(3)14-17(2)15-19(23)4)24-20(5)16-21-11-9-10-12-22(21)24;;;;/h9-12,14-16,20-22,24H,7-8,13H2,1-6H3;3*1H;/q;;;;+3/p-3. The molecule has 6 unspecified atom stereocenters. The number of hydrogen-bond acceptors (Lipinski definition) is 0. The molecule has 2 aliphatic rings. The zero-order valence-electron chi connectivity index (χ0n) is 18.6. The van der Waals surface area contributed by atoms with Crippen molar-refractivity contribution in [2.24, 2.45) is 17.8 Å². The van der Waals surface area contributed by atoms with Crippen molar-refractivity contribution in [1.82, 2.24) is 0 Å². The van der Waals surface area contributed by atoms with Gasteiger partial charge >= 0.3 is 174 Å². The van der Waals surface area contributed by atoms with E-state index in [1.807, 2.05) is 0 Å². The van der Waals surface area contributed by atoms with Crippen molar-refractivity contribution in [1.29, 1.82) is 0 Å². The maximum atomic E-state index is 2.73. The van der Waals surface area contributed by atoms with Gasteiger partial charge in [0.1, 0.15) is 0 Å². The normalized spacial score (nSPS) is 29.2. The second-order valence-corrected chi connectivity index (χ2v) is 14.7. The number of aryl methyl sites for hydroxylation is 3. The molecular formula is C24H35Cl3SiTi. The molecule has 0 nitrogen and oxygen atoms in total. The van der Waals surface area contributed by atoms with Crippen LogP contribution < -0.4 is 42.4 Å². The summed E-state index contributed by atoms with van der Waals surface area (Å²) in [4.78, 5) is 0. The molecule has 1 aromatic carbocycles. The van der Waals surface area contributed by atoms with Gasteiger partial charge in [0, 0.05) is 0 Å². The quantitative estimate of drug-likeness (QED) is 0.386. The number of rotatable bonds is 5. The van der Waals surface area contributed by atoms with Crippen LogP contribution in [0.25, 0.3) is 0 Å². The van der Waals surface area contributed by atoms with Crippen LogP contribution in [0.15, 0.2) is 36.4 Å². The Morgan fingerprint density at radius 1 is 0.931 bits per heavy atom. The summed E-state index contributed by atoms with van der Waals surface area (Å²) in [6, 6.07) is 6.32. The smallest absolute Gasteiger partial charge is 1.00 e.